The van der Waals surface area contributed by atoms with Gasteiger partial charge < -0.3 is 0 Å². The Morgan fingerprint density at radius 3 is 2.59 bits per heavy atom. The summed E-state index contributed by atoms with van der Waals surface area (Å²) in [6.07, 6.45) is 4.92. The Kier molecular flexibility index (Phi) is 6.09. The topological polar surface area (TPSA) is 67.2 Å². The molecule has 0 fully saturated rings. The number of thioether (sulfide) groups is 1. The van der Waals surface area contributed by atoms with E-state index in [4.69, 9.17) is 0 Å². The van der Waals surface area contributed by atoms with E-state index in [1.165, 1.54) is 17.3 Å². The lowest BCUT2D eigenvalue weighted by atomic mass is 10.0. The molecule has 0 spiro atoms. The highest BCUT2D eigenvalue weighted by Gasteiger charge is 2.03. The molecule has 0 saturated heterocycles. The highest BCUT2D eigenvalue weighted by molar-refractivity contribution is 7.99. The quantitative estimate of drug-likeness (QED) is 0.385. The number of hydrazone groups is 1. The summed E-state index contributed by atoms with van der Waals surface area (Å²) in [7, 11) is 0. The number of rotatable bonds is 6. The van der Waals surface area contributed by atoms with E-state index in [1.807, 2.05) is 12.1 Å². The second-order valence-corrected chi connectivity index (χ2v) is 5.88. The first-order valence-electron chi connectivity index (χ1n) is 6.97. The van der Waals surface area contributed by atoms with Gasteiger partial charge in [-0.1, -0.05) is 49.9 Å². The van der Waals surface area contributed by atoms with Gasteiger partial charge in [0, 0.05) is 12.4 Å². The lowest BCUT2D eigenvalue weighted by molar-refractivity contribution is -0.118. The van der Waals surface area contributed by atoms with Crippen LogP contribution in [0.4, 0.5) is 0 Å². The molecular formula is C16H18N4OS. The van der Waals surface area contributed by atoms with Crippen molar-refractivity contribution < 1.29 is 4.79 Å². The van der Waals surface area contributed by atoms with Crippen molar-refractivity contribution in [3.63, 3.8) is 0 Å². The van der Waals surface area contributed by atoms with Crippen molar-refractivity contribution in [2.75, 3.05) is 5.75 Å². The summed E-state index contributed by atoms with van der Waals surface area (Å²) in [6, 6.07) is 9.83. The fraction of sp³-hybridized carbons (Fsp3) is 0.250. The molecule has 0 aliphatic heterocycles. The molecule has 0 bridgehead atoms. The zero-order valence-corrected chi connectivity index (χ0v) is 13.4. The Morgan fingerprint density at radius 2 is 1.95 bits per heavy atom. The zero-order valence-electron chi connectivity index (χ0n) is 12.6. The van der Waals surface area contributed by atoms with Gasteiger partial charge in [0.25, 0.3) is 5.91 Å². The Hall–Kier alpha value is -2.21. The molecule has 2 rings (SSSR count). The van der Waals surface area contributed by atoms with E-state index in [2.05, 4.69) is 46.5 Å². The molecule has 1 aromatic carbocycles. The molecule has 1 aromatic heterocycles. The molecule has 0 radical (unpaired) electrons. The van der Waals surface area contributed by atoms with Crippen LogP contribution in [0.3, 0.4) is 0 Å². The van der Waals surface area contributed by atoms with Gasteiger partial charge in [-0.3, -0.25) is 4.79 Å². The minimum Gasteiger partial charge on any atom is -0.272 e. The number of benzene rings is 1. The van der Waals surface area contributed by atoms with Crippen LogP contribution in [0.2, 0.25) is 0 Å². The molecule has 5 nitrogen and oxygen atoms in total. The van der Waals surface area contributed by atoms with E-state index < -0.39 is 0 Å². The molecule has 2 aromatic rings. The lowest BCUT2D eigenvalue weighted by Gasteiger charge is -2.04. The maximum atomic E-state index is 11.6. The highest BCUT2D eigenvalue weighted by atomic mass is 32.2. The molecule has 1 N–H and O–H groups in total. The summed E-state index contributed by atoms with van der Waals surface area (Å²) in [5, 5.41) is 4.52. The smallest absolute Gasteiger partial charge is 0.250 e. The summed E-state index contributed by atoms with van der Waals surface area (Å²) >= 11 is 1.27. The van der Waals surface area contributed by atoms with E-state index >= 15 is 0 Å². The summed E-state index contributed by atoms with van der Waals surface area (Å²) in [4.78, 5) is 19.7. The highest BCUT2D eigenvalue weighted by Crippen LogP contribution is 2.14. The van der Waals surface area contributed by atoms with Gasteiger partial charge in [0.05, 0.1) is 12.0 Å². The van der Waals surface area contributed by atoms with Crippen molar-refractivity contribution in [2.24, 2.45) is 5.10 Å². The van der Waals surface area contributed by atoms with Crippen molar-refractivity contribution in [1.29, 1.82) is 0 Å². The predicted molar refractivity (Wildman–Crippen MR) is 89.0 cm³/mol. The fourth-order valence-corrected chi connectivity index (χ4v) is 2.26. The number of carbonyl (C=O) groups is 1. The van der Waals surface area contributed by atoms with Crippen molar-refractivity contribution >= 4 is 23.9 Å². The number of hydrogen-bond donors (Lipinski definition) is 1. The van der Waals surface area contributed by atoms with Crippen LogP contribution in [-0.4, -0.2) is 27.8 Å². The third-order valence-electron chi connectivity index (χ3n) is 2.88. The Balaban J connectivity index is 1.78. The third-order valence-corrected chi connectivity index (χ3v) is 3.76. The Bertz CT molecular complexity index is 626. The molecule has 6 heteroatoms. The fourth-order valence-electron chi connectivity index (χ4n) is 1.67. The zero-order chi connectivity index (χ0) is 15.8. The second-order valence-electron chi connectivity index (χ2n) is 4.93. The maximum absolute atomic E-state index is 11.6. The molecule has 0 unspecified atom stereocenters. The van der Waals surface area contributed by atoms with Gasteiger partial charge in [0.2, 0.25) is 0 Å². The normalized spacial score (nSPS) is 11.0. The van der Waals surface area contributed by atoms with Crippen molar-refractivity contribution in [3.8, 4) is 0 Å². The number of carbonyl (C=O) groups excluding carboxylic acids is 1. The number of amides is 1. The number of aromatic nitrogens is 2. The predicted octanol–water partition coefficient (Wildman–Crippen LogP) is 2.84. The second kappa shape index (κ2) is 8.29. The van der Waals surface area contributed by atoms with Crippen LogP contribution in [0.5, 0.6) is 0 Å². The van der Waals surface area contributed by atoms with Crippen LogP contribution in [0, 0.1) is 0 Å². The molecule has 0 aliphatic rings. The van der Waals surface area contributed by atoms with E-state index in [1.54, 1.807) is 24.7 Å². The molecule has 0 saturated carbocycles. The summed E-state index contributed by atoms with van der Waals surface area (Å²) in [5.74, 6) is 0.545. The van der Waals surface area contributed by atoms with Gasteiger partial charge in [-0.25, -0.2) is 15.4 Å². The molecule has 1 heterocycles. The first-order valence-corrected chi connectivity index (χ1v) is 7.95. The van der Waals surface area contributed by atoms with Gasteiger partial charge in [-0.05, 0) is 23.1 Å². The average Bonchev–Trinajstić information content (AvgIpc) is 2.54. The monoisotopic (exact) mass is 314 g/mol. The Morgan fingerprint density at radius 1 is 1.27 bits per heavy atom. The minimum atomic E-state index is -0.187. The SMILES string of the molecule is CC(C)c1ccc(/C=N\NC(=O)CSc2ncccn2)cc1. The average molecular weight is 314 g/mol. The molecule has 22 heavy (non-hydrogen) atoms. The van der Waals surface area contributed by atoms with Gasteiger partial charge >= 0.3 is 0 Å². The molecule has 0 aliphatic carbocycles. The van der Waals surface area contributed by atoms with Crippen LogP contribution in [0.15, 0.2) is 53.0 Å². The molecular weight excluding hydrogens is 296 g/mol. The van der Waals surface area contributed by atoms with Crippen molar-refractivity contribution in [3.05, 3.63) is 53.9 Å². The van der Waals surface area contributed by atoms with Crippen molar-refractivity contribution in [1.82, 2.24) is 15.4 Å². The number of nitrogens with one attached hydrogen (secondary N) is 1. The van der Waals surface area contributed by atoms with Gasteiger partial charge in [0.15, 0.2) is 5.16 Å². The van der Waals surface area contributed by atoms with E-state index in [0.29, 0.717) is 11.1 Å². The molecule has 1 amide bonds. The van der Waals surface area contributed by atoms with Gasteiger partial charge in [-0.2, -0.15) is 5.10 Å². The number of nitrogens with zero attached hydrogens (tertiary/aromatic N) is 3. The summed E-state index contributed by atoms with van der Waals surface area (Å²) in [6.45, 7) is 4.30. The van der Waals surface area contributed by atoms with Crippen LogP contribution in [0.1, 0.15) is 30.9 Å². The Labute approximate surface area is 134 Å². The molecule has 114 valence electrons. The van der Waals surface area contributed by atoms with Crippen LogP contribution in [0.25, 0.3) is 0 Å². The largest absolute Gasteiger partial charge is 0.272 e. The van der Waals surface area contributed by atoms with Gasteiger partial charge in [-0.15, -0.1) is 0 Å². The minimum absolute atomic E-state index is 0.187. The van der Waals surface area contributed by atoms with Gasteiger partial charge in [0.1, 0.15) is 0 Å². The van der Waals surface area contributed by atoms with Crippen LogP contribution < -0.4 is 5.43 Å². The summed E-state index contributed by atoms with van der Waals surface area (Å²) in [5.41, 5.74) is 4.72. The first-order chi connectivity index (χ1) is 10.6. The summed E-state index contributed by atoms with van der Waals surface area (Å²) < 4.78 is 0. The van der Waals surface area contributed by atoms with Crippen LogP contribution >= 0.6 is 11.8 Å². The van der Waals surface area contributed by atoms with Crippen LogP contribution in [-0.2, 0) is 4.79 Å². The van der Waals surface area contributed by atoms with E-state index in [0.717, 1.165) is 5.56 Å². The van der Waals surface area contributed by atoms with Crippen molar-refractivity contribution in [2.45, 2.75) is 24.9 Å². The lowest BCUT2D eigenvalue weighted by Crippen LogP contribution is -2.19. The van der Waals surface area contributed by atoms with E-state index in [9.17, 15) is 4.79 Å². The number of hydrogen-bond acceptors (Lipinski definition) is 5. The maximum Gasteiger partial charge on any atom is 0.250 e. The standard InChI is InChI=1S/C16H18N4OS/c1-12(2)14-6-4-13(5-7-14)10-19-20-15(21)11-22-16-17-8-3-9-18-16/h3-10,12H,11H2,1-2H3,(H,20,21)/b19-10-. The third kappa shape index (κ3) is 5.29. The molecule has 0 atom stereocenters. The van der Waals surface area contributed by atoms with E-state index in [-0.39, 0.29) is 11.7 Å². The first kappa shape index (κ1) is 16.2.